The van der Waals surface area contributed by atoms with Crippen LogP contribution in [0.1, 0.15) is 78.2 Å². The summed E-state index contributed by atoms with van der Waals surface area (Å²) >= 11 is 1.63. The minimum atomic E-state index is -0.678. The first-order valence-electron chi connectivity index (χ1n) is 12.8. The molecule has 1 aliphatic rings. The quantitative estimate of drug-likeness (QED) is 0.365. The second kappa shape index (κ2) is 13.9. The lowest BCUT2D eigenvalue weighted by Gasteiger charge is -2.33. The Morgan fingerprint density at radius 1 is 1.06 bits per heavy atom. The molecule has 0 saturated heterocycles. The van der Waals surface area contributed by atoms with E-state index in [0.29, 0.717) is 32.1 Å². The molecule has 1 fully saturated rings. The topological polar surface area (TPSA) is 81.7 Å². The summed E-state index contributed by atoms with van der Waals surface area (Å²) < 4.78 is 11.0. The van der Waals surface area contributed by atoms with Crippen molar-refractivity contribution in [2.45, 2.75) is 90.7 Å². The molecule has 0 bridgehead atoms. The molecule has 1 amide bonds. The highest BCUT2D eigenvalue weighted by Gasteiger charge is 2.45. The smallest absolute Gasteiger partial charge is 0.328 e. The van der Waals surface area contributed by atoms with Crippen LogP contribution in [0.25, 0.3) is 0 Å². The van der Waals surface area contributed by atoms with Crippen molar-refractivity contribution in [3.05, 3.63) is 35.9 Å². The lowest BCUT2D eigenvalue weighted by molar-refractivity contribution is -0.162. The molecule has 1 aromatic carbocycles. The predicted molar refractivity (Wildman–Crippen MR) is 141 cm³/mol. The van der Waals surface area contributed by atoms with Gasteiger partial charge in [-0.25, -0.2) is 4.79 Å². The van der Waals surface area contributed by atoms with Gasteiger partial charge in [0.25, 0.3) is 0 Å². The zero-order valence-electron chi connectivity index (χ0n) is 22.1. The molecule has 6 nitrogen and oxygen atoms in total. The fraction of sp³-hybridized carbons (Fsp3) is 0.679. The highest BCUT2D eigenvalue weighted by atomic mass is 32.2. The number of aryl methyl sites for hydroxylation is 1. The summed E-state index contributed by atoms with van der Waals surface area (Å²) in [5, 5.41) is 3.01. The maximum Gasteiger partial charge on any atom is 0.328 e. The maximum atomic E-state index is 13.7. The molecule has 7 heteroatoms. The summed E-state index contributed by atoms with van der Waals surface area (Å²) in [6, 6.07) is 9.40. The lowest BCUT2D eigenvalue weighted by Crippen LogP contribution is -2.49. The molecule has 0 heterocycles. The third-order valence-electron chi connectivity index (χ3n) is 6.53. The fourth-order valence-corrected chi connectivity index (χ4v) is 5.23. The van der Waals surface area contributed by atoms with Crippen LogP contribution in [-0.2, 0) is 30.3 Å². The zero-order valence-corrected chi connectivity index (χ0v) is 22.9. The highest BCUT2D eigenvalue weighted by molar-refractivity contribution is 7.98. The minimum absolute atomic E-state index is 0.137. The van der Waals surface area contributed by atoms with Crippen molar-refractivity contribution in [3.63, 3.8) is 0 Å². The first kappa shape index (κ1) is 29.2. The van der Waals surface area contributed by atoms with Crippen molar-refractivity contribution in [1.82, 2.24) is 5.32 Å². The van der Waals surface area contributed by atoms with Crippen LogP contribution in [0.4, 0.5) is 0 Å². The van der Waals surface area contributed by atoms with Crippen molar-refractivity contribution < 1.29 is 23.9 Å². The average Bonchev–Trinajstić information content (AvgIpc) is 3.28. The molecule has 0 aliphatic heterocycles. The van der Waals surface area contributed by atoms with Gasteiger partial charge in [-0.15, -0.1) is 0 Å². The zero-order chi connectivity index (χ0) is 25.9. The van der Waals surface area contributed by atoms with Gasteiger partial charge in [0.15, 0.2) is 0 Å². The molecule has 1 aliphatic carbocycles. The number of hydrogen-bond acceptors (Lipinski definition) is 6. The summed E-state index contributed by atoms with van der Waals surface area (Å²) in [6.07, 6.45) is 7.56. The van der Waals surface area contributed by atoms with Gasteiger partial charge in [0.05, 0.1) is 17.9 Å². The molecule has 1 unspecified atom stereocenters. The highest BCUT2D eigenvalue weighted by Crippen LogP contribution is 2.45. The Kier molecular flexibility index (Phi) is 11.6. The first-order chi connectivity index (χ1) is 16.6. The summed E-state index contributed by atoms with van der Waals surface area (Å²) in [5.41, 5.74) is -0.118. The number of carbonyl (C=O) groups excluding carboxylic acids is 3. The molecule has 0 spiro atoms. The van der Waals surface area contributed by atoms with E-state index >= 15 is 0 Å². The second-order valence-corrected chi connectivity index (χ2v) is 11.5. The maximum absolute atomic E-state index is 13.7. The normalized spacial score (nSPS) is 16.8. The van der Waals surface area contributed by atoms with Crippen molar-refractivity contribution in [2.75, 3.05) is 18.6 Å². The van der Waals surface area contributed by atoms with Crippen LogP contribution in [0.15, 0.2) is 30.3 Å². The Bertz CT molecular complexity index is 814. The van der Waals surface area contributed by atoms with Gasteiger partial charge in [0.1, 0.15) is 11.6 Å². The molecule has 35 heavy (non-hydrogen) atoms. The summed E-state index contributed by atoms with van der Waals surface area (Å²) in [4.78, 5) is 39.5. The Morgan fingerprint density at radius 3 is 2.29 bits per heavy atom. The molecule has 2 rings (SSSR count). The SMILES string of the molecule is CCOC(=O)[C@H](CCSC)NC(=O)C1(CC(CCc2ccccc2)C(=O)OC(C)(C)C)CCCC1. The van der Waals surface area contributed by atoms with E-state index in [0.717, 1.165) is 30.6 Å². The van der Waals surface area contributed by atoms with E-state index in [2.05, 4.69) is 17.4 Å². The van der Waals surface area contributed by atoms with E-state index in [1.54, 1.807) is 18.7 Å². The Hall–Kier alpha value is -2.02. The number of benzene rings is 1. The molecule has 1 N–H and O–H groups in total. The predicted octanol–water partition coefficient (Wildman–Crippen LogP) is 5.33. The van der Waals surface area contributed by atoms with E-state index in [4.69, 9.17) is 9.47 Å². The van der Waals surface area contributed by atoms with Crippen LogP contribution in [0, 0.1) is 11.3 Å². The second-order valence-electron chi connectivity index (χ2n) is 10.5. The van der Waals surface area contributed by atoms with E-state index in [1.807, 2.05) is 45.2 Å². The number of ether oxygens (including phenoxy) is 2. The average molecular weight is 506 g/mol. The van der Waals surface area contributed by atoms with Crippen LogP contribution >= 0.6 is 11.8 Å². The summed E-state index contributed by atoms with van der Waals surface area (Å²) in [5.74, 6) is -0.436. The number of nitrogens with one attached hydrogen (secondary N) is 1. The number of carbonyl (C=O) groups is 3. The molecular weight excluding hydrogens is 462 g/mol. The third-order valence-corrected chi connectivity index (χ3v) is 7.17. The van der Waals surface area contributed by atoms with Gasteiger partial charge in [-0.3, -0.25) is 9.59 Å². The van der Waals surface area contributed by atoms with Gasteiger partial charge in [0, 0.05) is 0 Å². The molecule has 1 aromatic rings. The Balaban J connectivity index is 2.23. The van der Waals surface area contributed by atoms with Crippen LogP contribution < -0.4 is 5.32 Å². The van der Waals surface area contributed by atoms with Gasteiger partial charge < -0.3 is 14.8 Å². The van der Waals surface area contributed by atoms with Crippen LogP contribution in [0.2, 0.25) is 0 Å². The minimum Gasteiger partial charge on any atom is -0.464 e. The first-order valence-corrected chi connectivity index (χ1v) is 14.2. The van der Waals surface area contributed by atoms with E-state index < -0.39 is 28.9 Å². The van der Waals surface area contributed by atoms with Gasteiger partial charge in [-0.05, 0) is 83.8 Å². The van der Waals surface area contributed by atoms with Crippen molar-refractivity contribution in [1.29, 1.82) is 0 Å². The number of esters is 2. The van der Waals surface area contributed by atoms with E-state index in [1.165, 1.54) is 0 Å². The third kappa shape index (κ3) is 9.51. The molecule has 0 radical (unpaired) electrons. The largest absolute Gasteiger partial charge is 0.464 e. The number of thioether (sulfide) groups is 1. The lowest BCUT2D eigenvalue weighted by atomic mass is 9.75. The van der Waals surface area contributed by atoms with Crippen molar-refractivity contribution in [2.24, 2.45) is 11.3 Å². The number of amides is 1. The molecule has 1 saturated carbocycles. The summed E-state index contributed by atoms with van der Waals surface area (Å²) in [6.45, 7) is 7.64. The standard InChI is InChI=1S/C28H43NO5S/c1-6-33-25(31)23(16-19-35-5)29-26(32)28(17-10-11-18-28)20-22(24(30)34-27(2,3)4)15-14-21-12-8-7-9-13-21/h7-9,12-13,22-23H,6,10-11,14-20H2,1-5H3,(H,29,32)/t22?,23-/m0/s1. The van der Waals surface area contributed by atoms with Gasteiger partial charge in [-0.1, -0.05) is 43.2 Å². The number of hydrogen-bond donors (Lipinski definition) is 1. The molecule has 196 valence electrons. The van der Waals surface area contributed by atoms with Gasteiger partial charge >= 0.3 is 11.9 Å². The van der Waals surface area contributed by atoms with Crippen molar-refractivity contribution in [3.8, 4) is 0 Å². The monoisotopic (exact) mass is 505 g/mol. The van der Waals surface area contributed by atoms with Crippen LogP contribution in [0.5, 0.6) is 0 Å². The Morgan fingerprint density at radius 2 is 1.71 bits per heavy atom. The van der Waals surface area contributed by atoms with Crippen molar-refractivity contribution >= 4 is 29.6 Å². The van der Waals surface area contributed by atoms with E-state index in [-0.39, 0.29) is 18.5 Å². The molecule has 0 aromatic heterocycles. The van der Waals surface area contributed by atoms with Crippen LogP contribution in [-0.4, -0.2) is 48.1 Å². The summed E-state index contributed by atoms with van der Waals surface area (Å²) in [7, 11) is 0. The number of rotatable bonds is 13. The Labute approximate surface area is 215 Å². The molecular formula is C28H43NO5S. The van der Waals surface area contributed by atoms with Gasteiger partial charge in [0.2, 0.25) is 5.91 Å². The van der Waals surface area contributed by atoms with Gasteiger partial charge in [-0.2, -0.15) is 11.8 Å². The van der Waals surface area contributed by atoms with E-state index in [9.17, 15) is 14.4 Å². The molecule has 2 atom stereocenters. The fourth-order valence-electron chi connectivity index (χ4n) is 4.76. The van der Waals surface area contributed by atoms with Crippen LogP contribution in [0.3, 0.4) is 0 Å².